The number of nitrogens with zero attached hydrogens (tertiary/aromatic N) is 2. The van der Waals surface area contributed by atoms with Crippen molar-refractivity contribution < 1.29 is 0 Å². The number of benzene rings is 5. The van der Waals surface area contributed by atoms with Crippen molar-refractivity contribution in [2.24, 2.45) is 0 Å². The first kappa shape index (κ1) is 22.5. The first-order valence-corrected chi connectivity index (χ1v) is 15.0. The van der Waals surface area contributed by atoms with E-state index in [1.54, 1.807) is 0 Å². The fourth-order valence-electron chi connectivity index (χ4n) is 5.96. The molecule has 0 aliphatic heterocycles. The van der Waals surface area contributed by atoms with Crippen LogP contribution in [0.4, 0.5) is 0 Å². The van der Waals surface area contributed by atoms with Gasteiger partial charge in [-0.2, -0.15) is 0 Å². The highest BCUT2D eigenvalue weighted by Crippen LogP contribution is 2.31. The van der Waals surface area contributed by atoms with E-state index >= 15 is 0 Å². The van der Waals surface area contributed by atoms with Gasteiger partial charge in [0.1, 0.15) is 0 Å². The third kappa shape index (κ3) is 3.44. The van der Waals surface area contributed by atoms with Crippen molar-refractivity contribution in [2.45, 2.75) is 0 Å². The van der Waals surface area contributed by atoms with Crippen molar-refractivity contribution in [3.8, 4) is 5.69 Å². The molecule has 0 N–H and O–H groups in total. The minimum absolute atomic E-state index is 1.14. The zero-order valence-electron chi connectivity index (χ0n) is 20.9. The number of hydrogen-bond donors (Lipinski definition) is 0. The summed E-state index contributed by atoms with van der Waals surface area (Å²) in [4.78, 5) is 5.04. The molecule has 7 rings (SSSR count). The van der Waals surface area contributed by atoms with Crippen LogP contribution in [0.5, 0.6) is 0 Å². The summed E-state index contributed by atoms with van der Waals surface area (Å²) in [5.74, 6) is 0. The van der Waals surface area contributed by atoms with E-state index in [9.17, 15) is 0 Å². The van der Waals surface area contributed by atoms with Gasteiger partial charge < -0.3 is 4.57 Å². The summed E-state index contributed by atoms with van der Waals surface area (Å²) < 4.78 is 2.40. The molecule has 7 aromatic rings. The molecule has 2 nitrogen and oxygen atoms in total. The lowest BCUT2D eigenvalue weighted by atomic mass is 10.1. The molecule has 0 bridgehead atoms. The molecule has 0 radical (unpaired) electrons. The molecule has 3 heteroatoms. The highest BCUT2D eigenvalue weighted by molar-refractivity contribution is 7.19. The predicted octanol–water partition coefficient (Wildman–Crippen LogP) is 5.56. The van der Waals surface area contributed by atoms with Crippen LogP contribution in [0.2, 0.25) is 0 Å². The molecule has 0 saturated heterocycles. The number of pyridine rings is 1. The highest BCUT2D eigenvalue weighted by atomic mass is 28.3. The molecule has 0 aliphatic carbocycles. The third-order valence-electron chi connectivity index (χ3n) is 7.58. The molecule has 180 valence electrons. The highest BCUT2D eigenvalue weighted by Gasteiger charge is 2.43. The molecule has 38 heavy (non-hydrogen) atoms. The molecule has 2 heterocycles. The van der Waals surface area contributed by atoms with Gasteiger partial charge in [0, 0.05) is 28.0 Å². The van der Waals surface area contributed by atoms with Crippen molar-refractivity contribution in [3.05, 3.63) is 158 Å². The van der Waals surface area contributed by atoms with Gasteiger partial charge >= 0.3 is 0 Å². The summed E-state index contributed by atoms with van der Waals surface area (Å²) in [6.07, 6.45) is 1.93. The minimum Gasteiger partial charge on any atom is -0.309 e. The molecule has 0 spiro atoms. The van der Waals surface area contributed by atoms with Crippen LogP contribution < -0.4 is 20.9 Å². The maximum Gasteiger partial charge on any atom is 0.201 e. The molecular weight excluding hydrogens is 476 g/mol. The number of rotatable bonds is 5. The molecule has 0 fully saturated rings. The van der Waals surface area contributed by atoms with Crippen molar-refractivity contribution in [1.82, 2.24) is 9.55 Å². The van der Waals surface area contributed by atoms with Gasteiger partial charge in [-0.25, -0.2) is 0 Å². The lowest BCUT2D eigenvalue weighted by Gasteiger charge is -2.33. The fraction of sp³-hybridized carbons (Fsp3) is 0. The average Bonchev–Trinajstić information content (AvgIpc) is 3.33. The second-order valence-corrected chi connectivity index (χ2v) is 13.4. The normalized spacial score (nSPS) is 11.7. The Kier molecular flexibility index (Phi) is 5.49. The van der Waals surface area contributed by atoms with Crippen LogP contribution in [0.3, 0.4) is 0 Å². The summed E-state index contributed by atoms with van der Waals surface area (Å²) in [6, 6.07) is 54.8. The summed E-state index contributed by atoms with van der Waals surface area (Å²) in [5.41, 5.74) is 3.60. The molecule has 5 aromatic carbocycles. The molecule has 0 unspecified atom stereocenters. The zero-order valence-corrected chi connectivity index (χ0v) is 21.9. The number of fused-ring (bicyclic) bond motifs is 3. The predicted molar refractivity (Wildman–Crippen MR) is 162 cm³/mol. The van der Waals surface area contributed by atoms with E-state index in [2.05, 4.69) is 150 Å². The maximum atomic E-state index is 5.04. The molecule has 0 saturated carbocycles. The van der Waals surface area contributed by atoms with E-state index in [1.807, 2.05) is 12.3 Å². The SMILES string of the molecule is c1ccc(-n2c3ccccc3c3ccc([Si](c4ccccc4)(c4ccccc4)c4ccccn4)cc32)cc1. The van der Waals surface area contributed by atoms with Crippen molar-refractivity contribution >= 4 is 50.8 Å². The van der Waals surface area contributed by atoms with Crippen LogP contribution >= 0.6 is 0 Å². The Labute approximate surface area is 223 Å². The Hall–Kier alpha value is -4.73. The number of hydrogen-bond acceptors (Lipinski definition) is 1. The maximum absolute atomic E-state index is 5.04. The quantitative estimate of drug-likeness (QED) is 0.223. The van der Waals surface area contributed by atoms with Crippen LogP contribution in [0.15, 0.2) is 158 Å². The van der Waals surface area contributed by atoms with Crippen LogP contribution in [0, 0.1) is 0 Å². The Balaban J connectivity index is 1.63. The average molecular weight is 503 g/mol. The van der Waals surface area contributed by atoms with E-state index in [0.29, 0.717) is 0 Å². The topological polar surface area (TPSA) is 17.8 Å². The van der Waals surface area contributed by atoms with Gasteiger partial charge in [0.25, 0.3) is 0 Å². The summed E-state index contributed by atoms with van der Waals surface area (Å²) in [6.45, 7) is 0. The lowest BCUT2D eigenvalue weighted by molar-refractivity contribution is 1.18. The monoisotopic (exact) mass is 502 g/mol. The fourth-order valence-corrected chi connectivity index (χ4v) is 10.5. The van der Waals surface area contributed by atoms with E-state index in [0.717, 1.165) is 5.32 Å². The van der Waals surface area contributed by atoms with Gasteiger partial charge in [-0.3, -0.25) is 4.98 Å². The Morgan fingerprint density at radius 1 is 0.447 bits per heavy atom. The van der Waals surface area contributed by atoms with Gasteiger partial charge in [-0.15, -0.1) is 0 Å². The van der Waals surface area contributed by atoms with Crippen LogP contribution in [0.1, 0.15) is 0 Å². The van der Waals surface area contributed by atoms with Gasteiger partial charge in [-0.1, -0.05) is 115 Å². The van der Waals surface area contributed by atoms with Gasteiger partial charge in [0.15, 0.2) is 0 Å². The zero-order chi connectivity index (χ0) is 25.4. The molecule has 0 aliphatic rings. The first-order chi connectivity index (χ1) is 18.9. The third-order valence-corrected chi connectivity index (χ3v) is 12.2. The van der Waals surface area contributed by atoms with Gasteiger partial charge in [0.2, 0.25) is 8.07 Å². The van der Waals surface area contributed by atoms with Crippen LogP contribution in [-0.4, -0.2) is 17.6 Å². The molecular formula is C35H26N2Si. The minimum atomic E-state index is -2.71. The molecule has 0 amide bonds. The largest absolute Gasteiger partial charge is 0.309 e. The summed E-state index contributed by atoms with van der Waals surface area (Å²) in [7, 11) is -2.71. The van der Waals surface area contributed by atoms with Gasteiger partial charge in [0.05, 0.1) is 11.0 Å². The smallest absolute Gasteiger partial charge is 0.201 e. The van der Waals surface area contributed by atoms with Crippen molar-refractivity contribution in [1.29, 1.82) is 0 Å². The van der Waals surface area contributed by atoms with Crippen LogP contribution in [-0.2, 0) is 0 Å². The molecule has 2 aromatic heterocycles. The number of para-hydroxylation sites is 2. The van der Waals surface area contributed by atoms with E-state index in [4.69, 9.17) is 4.98 Å². The first-order valence-electron chi connectivity index (χ1n) is 13.0. The van der Waals surface area contributed by atoms with Gasteiger partial charge in [-0.05, 0) is 52.0 Å². The Morgan fingerprint density at radius 2 is 1.03 bits per heavy atom. The molecule has 0 atom stereocenters. The summed E-state index contributed by atoms with van der Waals surface area (Å²) >= 11 is 0. The standard InChI is InChI=1S/C35H26N2Si/c1-4-14-27(15-5-1)37-33-21-11-10-20-31(33)32-24-23-30(26-34(32)37)38(28-16-6-2-7-17-28,29-18-8-3-9-19-29)35-22-12-13-25-36-35/h1-26H. The van der Waals surface area contributed by atoms with Crippen molar-refractivity contribution in [3.63, 3.8) is 0 Å². The second kappa shape index (κ2) is 9.29. The van der Waals surface area contributed by atoms with E-state index in [-0.39, 0.29) is 0 Å². The Bertz CT molecular complexity index is 1750. The summed E-state index contributed by atoms with van der Waals surface area (Å²) in [5, 5.41) is 7.64. The lowest BCUT2D eigenvalue weighted by Crippen LogP contribution is -2.75. The van der Waals surface area contributed by atoms with E-state index < -0.39 is 8.07 Å². The van der Waals surface area contributed by atoms with Crippen LogP contribution in [0.25, 0.3) is 27.5 Å². The number of aromatic nitrogens is 2. The Morgan fingerprint density at radius 3 is 1.68 bits per heavy atom. The van der Waals surface area contributed by atoms with Crippen molar-refractivity contribution in [2.75, 3.05) is 0 Å². The second-order valence-electron chi connectivity index (χ2n) is 9.62. The van der Waals surface area contributed by atoms with E-state index in [1.165, 1.54) is 43.1 Å².